The lowest BCUT2D eigenvalue weighted by Gasteiger charge is -2.12. The van der Waals surface area contributed by atoms with Crippen LogP contribution in [-0.4, -0.2) is 27.2 Å². The van der Waals surface area contributed by atoms with E-state index >= 15 is 0 Å². The van der Waals surface area contributed by atoms with E-state index in [2.05, 4.69) is 0 Å². The molecular formula is C18H16Cl2N2O2S. The molecule has 1 saturated heterocycles. The van der Waals surface area contributed by atoms with Crippen molar-refractivity contribution in [1.82, 2.24) is 9.47 Å². The normalized spacial score (nSPS) is 16.4. The van der Waals surface area contributed by atoms with Gasteiger partial charge in [-0.2, -0.15) is 0 Å². The lowest BCUT2D eigenvalue weighted by atomic mass is 10.2. The van der Waals surface area contributed by atoms with Crippen LogP contribution in [0.25, 0.3) is 11.8 Å². The van der Waals surface area contributed by atoms with Crippen molar-refractivity contribution in [3.8, 4) is 5.69 Å². The molecule has 0 radical (unpaired) electrons. The van der Waals surface area contributed by atoms with E-state index in [9.17, 15) is 9.59 Å². The van der Waals surface area contributed by atoms with Crippen LogP contribution in [0.5, 0.6) is 0 Å². The van der Waals surface area contributed by atoms with Crippen LogP contribution in [0.15, 0.2) is 29.2 Å². The van der Waals surface area contributed by atoms with E-state index in [-0.39, 0.29) is 11.1 Å². The van der Waals surface area contributed by atoms with Gasteiger partial charge in [0.15, 0.2) is 0 Å². The third kappa shape index (κ3) is 3.24. The predicted octanol–water partition coefficient (Wildman–Crippen LogP) is 5.46. The molecule has 130 valence electrons. The number of hydrogen-bond acceptors (Lipinski definition) is 3. The number of hydrogen-bond donors (Lipinski definition) is 0. The Balaban J connectivity index is 2.07. The Labute approximate surface area is 160 Å². The van der Waals surface area contributed by atoms with Crippen LogP contribution < -0.4 is 0 Å². The summed E-state index contributed by atoms with van der Waals surface area (Å²) in [5.41, 5.74) is 3.54. The van der Waals surface area contributed by atoms with Crippen LogP contribution in [0.1, 0.15) is 23.9 Å². The van der Waals surface area contributed by atoms with E-state index in [0.717, 1.165) is 34.4 Å². The predicted molar refractivity (Wildman–Crippen MR) is 104 cm³/mol. The molecular weight excluding hydrogens is 379 g/mol. The Hall–Kier alpha value is -1.69. The number of carbonyl (C=O) groups is 2. The quantitative estimate of drug-likeness (QED) is 0.649. The number of aromatic nitrogens is 1. The van der Waals surface area contributed by atoms with Gasteiger partial charge in [0.05, 0.1) is 15.6 Å². The number of thioether (sulfide) groups is 1. The summed E-state index contributed by atoms with van der Waals surface area (Å²) in [6, 6.07) is 7.26. The molecule has 1 fully saturated rings. The molecule has 4 nitrogen and oxygen atoms in total. The molecule has 0 unspecified atom stereocenters. The largest absolute Gasteiger partial charge is 0.316 e. The molecule has 7 heteroatoms. The van der Waals surface area contributed by atoms with E-state index < -0.39 is 0 Å². The van der Waals surface area contributed by atoms with Crippen molar-refractivity contribution < 1.29 is 9.59 Å². The molecule has 0 aliphatic carbocycles. The van der Waals surface area contributed by atoms with Gasteiger partial charge in [-0.25, -0.2) is 0 Å². The zero-order valence-corrected chi connectivity index (χ0v) is 16.3. The monoisotopic (exact) mass is 394 g/mol. The standard InChI is InChI=1S/C18H16Cl2N2O2S/c1-4-21-17(23)16(25-18(21)24)8-12-7-10(2)22(11(12)3)15-9-13(19)5-6-14(15)20/h5-9H,4H2,1-3H3/b16-8+. The highest BCUT2D eigenvalue weighted by atomic mass is 35.5. The molecule has 0 bridgehead atoms. The van der Waals surface area contributed by atoms with Crippen LogP contribution in [0.4, 0.5) is 4.79 Å². The summed E-state index contributed by atoms with van der Waals surface area (Å²) in [5.74, 6) is -0.247. The number of benzene rings is 1. The molecule has 0 saturated carbocycles. The Morgan fingerprint density at radius 1 is 1.16 bits per heavy atom. The fourth-order valence-corrected chi connectivity index (χ4v) is 4.14. The topological polar surface area (TPSA) is 42.3 Å². The second-order valence-corrected chi connectivity index (χ2v) is 7.52. The zero-order valence-electron chi connectivity index (χ0n) is 14.0. The molecule has 1 aliphatic heterocycles. The number of carbonyl (C=O) groups excluding carboxylic acids is 2. The van der Waals surface area contributed by atoms with Gasteiger partial charge in [0.2, 0.25) is 0 Å². The first-order valence-corrected chi connectivity index (χ1v) is 9.30. The average Bonchev–Trinajstić information content (AvgIpc) is 2.98. The molecule has 0 atom stereocenters. The Morgan fingerprint density at radius 3 is 2.52 bits per heavy atom. The van der Waals surface area contributed by atoms with Crippen molar-refractivity contribution >= 4 is 52.2 Å². The molecule has 0 N–H and O–H groups in total. The van der Waals surface area contributed by atoms with Gasteiger partial charge in [0, 0.05) is 23.0 Å². The highest BCUT2D eigenvalue weighted by Gasteiger charge is 2.33. The second kappa shape index (κ2) is 6.90. The number of likely N-dealkylation sites (N-methyl/N-ethyl adjacent to an activating group) is 1. The van der Waals surface area contributed by atoms with Crippen LogP contribution >= 0.6 is 35.0 Å². The van der Waals surface area contributed by atoms with Gasteiger partial charge in [-0.15, -0.1) is 0 Å². The first-order chi connectivity index (χ1) is 11.8. The second-order valence-electron chi connectivity index (χ2n) is 5.68. The first-order valence-electron chi connectivity index (χ1n) is 7.73. The van der Waals surface area contributed by atoms with Crippen molar-refractivity contribution in [2.45, 2.75) is 20.8 Å². The van der Waals surface area contributed by atoms with Crippen molar-refractivity contribution in [3.63, 3.8) is 0 Å². The minimum atomic E-state index is -0.247. The van der Waals surface area contributed by atoms with Gasteiger partial charge in [-0.1, -0.05) is 23.2 Å². The van der Waals surface area contributed by atoms with Crippen LogP contribution in [-0.2, 0) is 4.79 Å². The van der Waals surface area contributed by atoms with E-state index in [4.69, 9.17) is 23.2 Å². The minimum absolute atomic E-state index is 0.231. The van der Waals surface area contributed by atoms with Gasteiger partial charge in [0.1, 0.15) is 0 Å². The van der Waals surface area contributed by atoms with Crippen molar-refractivity contribution in [2.75, 3.05) is 6.54 Å². The summed E-state index contributed by atoms with van der Waals surface area (Å²) in [7, 11) is 0. The maximum Gasteiger partial charge on any atom is 0.293 e. The fraction of sp³-hybridized carbons (Fsp3) is 0.222. The molecule has 1 aromatic heterocycles. The van der Waals surface area contributed by atoms with Crippen LogP contribution in [0.3, 0.4) is 0 Å². The molecule has 3 rings (SSSR count). The van der Waals surface area contributed by atoms with Gasteiger partial charge in [-0.05, 0) is 68.4 Å². The van der Waals surface area contributed by atoms with Gasteiger partial charge < -0.3 is 4.57 Å². The van der Waals surface area contributed by atoms with E-state index in [1.54, 1.807) is 31.2 Å². The average molecular weight is 395 g/mol. The molecule has 1 aliphatic rings. The Bertz CT molecular complexity index is 918. The smallest absolute Gasteiger partial charge is 0.293 e. The highest BCUT2D eigenvalue weighted by molar-refractivity contribution is 8.18. The summed E-state index contributed by atoms with van der Waals surface area (Å²) in [5, 5.41) is 0.951. The summed E-state index contributed by atoms with van der Waals surface area (Å²) >= 11 is 13.4. The number of aryl methyl sites for hydroxylation is 1. The summed E-state index contributed by atoms with van der Waals surface area (Å²) in [4.78, 5) is 25.8. The molecule has 0 spiro atoms. The number of nitrogens with zero attached hydrogens (tertiary/aromatic N) is 2. The molecule has 1 aromatic carbocycles. The lowest BCUT2D eigenvalue weighted by Crippen LogP contribution is -2.27. The lowest BCUT2D eigenvalue weighted by molar-refractivity contribution is -0.122. The molecule has 2 aromatic rings. The number of halogens is 2. The number of amides is 2. The highest BCUT2D eigenvalue weighted by Crippen LogP contribution is 2.34. The number of rotatable bonds is 3. The van der Waals surface area contributed by atoms with Crippen LogP contribution in [0.2, 0.25) is 10.0 Å². The Kier molecular flexibility index (Phi) is 5.00. The maximum absolute atomic E-state index is 12.3. The summed E-state index contributed by atoms with van der Waals surface area (Å²) in [6.45, 7) is 6.06. The zero-order chi connectivity index (χ0) is 18.3. The minimum Gasteiger partial charge on any atom is -0.316 e. The van der Waals surface area contributed by atoms with Gasteiger partial charge in [0.25, 0.3) is 11.1 Å². The van der Waals surface area contributed by atoms with Crippen molar-refractivity contribution in [1.29, 1.82) is 0 Å². The summed E-state index contributed by atoms with van der Waals surface area (Å²) < 4.78 is 1.99. The molecule has 2 amide bonds. The maximum atomic E-state index is 12.3. The fourth-order valence-electron chi connectivity index (χ4n) is 2.88. The van der Waals surface area contributed by atoms with E-state index in [1.165, 1.54) is 4.90 Å². The van der Waals surface area contributed by atoms with Crippen LogP contribution in [0, 0.1) is 13.8 Å². The van der Waals surface area contributed by atoms with E-state index in [0.29, 0.717) is 21.5 Å². The first kappa shape index (κ1) is 18.1. The third-order valence-electron chi connectivity index (χ3n) is 4.10. The Morgan fingerprint density at radius 2 is 1.88 bits per heavy atom. The van der Waals surface area contributed by atoms with Gasteiger partial charge >= 0.3 is 0 Å². The van der Waals surface area contributed by atoms with Gasteiger partial charge in [-0.3, -0.25) is 14.5 Å². The molecule has 25 heavy (non-hydrogen) atoms. The summed E-state index contributed by atoms with van der Waals surface area (Å²) in [6.07, 6.45) is 1.76. The van der Waals surface area contributed by atoms with Crippen molar-refractivity contribution in [3.05, 3.63) is 56.2 Å². The third-order valence-corrected chi connectivity index (χ3v) is 5.56. The molecule has 2 heterocycles. The number of imide groups is 1. The van der Waals surface area contributed by atoms with Crippen molar-refractivity contribution in [2.24, 2.45) is 0 Å². The SMILES string of the molecule is CCN1C(=O)S/C(=C/c2cc(C)n(-c3cc(Cl)ccc3Cl)c2C)C1=O. The van der Waals surface area contributed by atoms with E-state index in [1.807, 2.05) is 24.5 Å².